The van der Waals surface area contributed by atoms with E-state index in [4.69, 9.17) is 0 Å². The van der Waals surface area contributed by atoms with Crippen molar-refractivity contribution in [2.24, 2.45) is 4.99 Å². The minimum Gasteiger partial charge on any atom is -0.353 e. The lowest BCUT2D eigenvalue weighted by Crippen LogP contribution is -2.50. The molecule has 0 saturated carbocycles. The van der Waals surface area contributed by atoms with E-state index in [2.05, 4.69) is 22.5 Å². The summed E-state index contributed by atoms with van der Waals surface area (Å²) in [6.45, 7) is 10.9. The first kappa shape index (κ1) is 15.3. The summed E-state index contributed by atoms with van der Waals surface area (Å²) in [4.78, 5) is 16.4. The van der Waals surface area contributed by atoms with Crippen LogP contribution in [0.3, 0.4) is 0 Å². The lowest BCUT2D eigenvalue weighted by molar-refractivity contribution is -0.123. The van der Waals surface area contributed by atoms with Crippen LogP contribution in [0.2, 0.25) is 0 Å². The van der Waals surface area contributed by atoms with Crippen LogP contribution in [-0.4, -0.2) is 34.5 Å². The maximum Gasteiger partial charge on any atom is 0.242 e. The van der Waals surface area contributed by atoms with Crippen LogP contribution in [0.25, 0.3) is 0 Å². The standard InChI is InChI=1S/C13H25N3OS/c1-6-7-10-8-14-12(18-10)15-9(2)11(17)16-13(3,4)5/h9-10H,6-8H2,1-5H3,(H,14,15)(H,16,17). The van der Waals surface area contributed by atoms with E-state index in [-0.39, 0.29) is 17.5 Å². The summed E-state index contributed by atoms with van der Waals surface area (Å²) in [5, 5.41) is 7.64. The first-order valence-electron chi connectivity index (χ1n) is 6.61. The van der Waals surface area contributed by atoms with Gasteiger partial charge < -0.3 is 10.6 Å². The molecular formula is C13H25N3OS. The van der Waals surface area contributed by atoms with Gasteiger partial charge in [-0.15, -0.1) is 0 Å². The van der Waals surface area contributed by atoms with Crippen molar-refractivity contribution >= 4 is 22.8 Å². The number of nitrogens with one attached hydrogen (secondary N) is 2. The molecule has 0 saturated heterocycles. The minimum atomic E-state index is -0.240. The van der Waals surface area contributed by atoms with Gasteiger partial charge in [0.1, 0.15) is 6.04 Å². The quantitative estimate of drug-likeness (QED) is 0.824. The molecule has 0 spiro atoms. The van der Waals surface area contributed by atoms with Gasteiger partial charge in [-0.25, -0.2) is 0 Å². The molecule has 1 heterocycles. The number of hydrogen-bond acceptors (Lipinski definition) is 4. The molecule has 0 aromatic rings. The summed E-state index contributed by atoms with van der Waals surface area (Å²) in [7, 11) is 0. The summed E-state index contributed by atoms with van der Waals surface area (Å²) in [5.74, 6) is 0.0183. The van der Waals surface area contributed by atoms with Gasteiger partial charge >= 0.3 is 0 Å². The Kier molecular flexibility index (Phi) is 5.50. The molecule has 1 amide bonds. The molecule has 0 fully saturated rings. The minimum absolute atomic E-state index is 0.0183. The fourth-order valence-corrected chi connectivity index (χ4v) is 2.91. The molecule has 2 N–H and O–H groups in total. The van der Waals surface area contributed by atoms with Crippen LogP contribution >= 0.6 is 11.8 Å². The van der Waals surface area contributed by atoms with Gasteiger partial charge in [-0.2, -0.15) is 0 Å². The molecule has 1 aliphatic rings. The summed E-state index contributed by atoms with van der Waals surface area (Å²) in [5.41, 5.74) is -0.192. The number of nitrogens with zero attached hydrogens (tertiary/aromatic N) is 1. The predicted octanol–water partition coefficient (Wildman–Crippen LogP) is 2.15. The number of thioether (sulfide) groups is 1. The van der Waals surface area contributed by atoms with Crippen molar-refractivity contribution in [3.8, 4) is 0 Å². The third-order valence-electron chi connectivity index (χ3n) is 2.56. The number of carbonyl (C=O) groups is 1. The first-order chi connectivity index (χ1) is 8.31. The van der Waals surface area contributed by atoms with Crippen LogP contribution in [0.15, 0.2) is 4.99 Å². The third kappa shape index (κ3) is 5.29. The molecule has 4 nitrogen and oxygen atoms in total. The zero-order valence-corrected chi connectivity index (χ0v) is 12.9. The van der Waals surface area contributed by atoms with E-state index in [1.807, 2.05) is 27.7 Å². The Morgan fingerprint density at radius 3 is 2.78 bits per heavy atom. The van der Waals surface area contributed by atoms with E-state index in [0.29, 0.717) is 5.25 Å². The maximum atomic E-state index is 11.9. The summed E-state index contributed by atoms with van der Waals surface area (Å²) in [6.07, 6.45) is 2.36. The van der Waals surface area contributed by atoms with Gasteiger partial charge in [-0.05, 0) is 34.1 Å². The van der Waals surface area contributed by atoms with Crippen LogP contribution in [0.4, 0.5) is 0 Å². The van der Waals surface area contributed by atoms with Crippen LogP contribution in [0, 0.1) is 0 Å². The molecule has 18 heavy (non-hydrogen) atoms. The molecule has 0 aromatic heterocycles. The third-order valence-corrected chi connectivity index (χ3v) is 3.75. The Hall–Kier alpha value is -0.710. The van der Waals surface area contributed by atoms with Crippen molar-refractivity contribution < 1.29 is 4.79 Å². The number of amidine groups is 1. The van der Waals surface area contributed by atoms with Crippen LogP contribution in [0.1, 0.15) is 47.5 Å². The van der Waals surface area contributed by atoms with Crippen molar-refractivity contribution in [2.75, 3.05) is 6.54 Å². The lowest BCUT2D eigenvalue weighted by atomic mass is 10.1. The molecule has 2 unspecified atom stereocenters. The number of rotatable bonds is 4. The van der Waals surface area contributed by atoms with E-state index >= 15 is 0 Å². The van der Waals surface area contributed by atoms with Gasteiger partial charge in [0.25, 0.3) is 0 Å². The normalized spacial score (nSPS) is 21.4. The fourth-order valence-electron chi connectivity index (χ4n) is 1.70. The average Bonchev–Trinajstić information content (AvgIpc) is 2.63. The van der Waals surface area contributed by atoms with Crippen molar-refractivity contribution in [1.82, 2.24) is 10.6 Å². The Morgan fingerprint density at radius 2 is 2.22 bits per heavy atom. The first-order valence-corrected chi connectivity index (χ1v) is 7.49. The van der Waals surface area contributed by atoms with E-state index in [1.165, 1.54) is 12.8 Å². The molecule has 2 atom stereocenters. The Labute approximate surface area is 114 Å². The molecule has 1 aliphatic heterocycles. The number of carbonyl (C=O) groups excluding carboxylic acids is 1. The van der Waals surface area contributed by atoms with Crippen LogP contribution in [-0.2, 0) is 4.79 Å². The second-order valence-electron chi connectivity index (χ2n) is 5.78. The molecule has 0 aliphatic carbocycles. The second-order valence-corrected chi connectivity index (χ2v) is 7.07. The van der Waals surface area contributed by atoms with E-state index in [0.717, 1.165) is 11.7 Å². The molecule has 0 aromatic carbocycles. The summed E-state index contributed by atoms with van der Waals surface area (Å²) in [6, 6.07) is -0.240. The number of hydrogen-bond donors (Lipinski definition) is 2. The van der Waals surface area contributed by atoms with E-state index in [1.54, 1.807) is 11.8 Å². The van der Waals surface area contributed by atoms with Crippen LogP contribution < -0.4 is 10.6 Å². The summed E-state index contributed by atoms with van der Waals surface area (Å²) >= 11 is 1.76. The van der Waals surface area contributed by atoms with Gasteiger partial charge in [0.15, 0.2) is 5.17 Å². The fraction of sp³-hybridized carbons (Fsp3) is 0.846. The number of aliphatic imine (C=N–C) groups is 1. The highest BCUT2D eigenvalue weighted by Crippen LogP contribution is 2.23. The van der Waals surface area contributed by atoms with Gasteiger partial charge in [-0.3, -0.25) is 9.79 Å². The van der Waals surface area contributed by atoms with E-state index in [9.17, 15) is 4.79 Å². The van der Waals surface area contributed by atoms with Crippen molar-refractivity contribution in [2.45, 2.75) is 64.3 Å². The molecule has 0 radical (unpaired) electrons. The van der Waals surface area contributed by atoms with Gasteiger partial charge in [0.2, 0.25) is 5.91 Å². The maximum absolute atomic E-state index is 11.9. The molecule has 5 heteroatoms. The average molecular weight is 271 g/mol. The molecule has 1 rings (SSSR count). The largest absolute Gasteiger partial charge is 0.353 e. The predicted molar refractivity (Wildman–Crippen MR) is 79.1 cm³/mol. The number of amides is 1. The van der Waals surface area contributed by atoms with Gasteiger partial charge in [-0.1, -0.05) is 25.1 Å². The highest BCUT2D eigenvalue weighted by molar-refractivity contribution is 8.14. The van der Waals surface area contributed by atoms with Gasteiger partial charge in [0.05, 0.1) is 6.54 Å². The Morgan fingerprint density at radius 1 is 1.56 bits per heavy atom. The lowest BCUT2D eigenvalue weighted by Gasteiger charge is -2.24. The SMILES string of the molecule is CCCC1CN=C(NC(C)C(=O)NC(C)(C)C)S1. The van der Waals surface area contributed by atoms with Crippen LogP contribution in [0.5, 0.6) is 0 Å². The second kappa shape index (κ2) is 6.45. The topological polar surface area (TPSA) is 53.5 Å². The van der Waals surface area contributed by atoms with Crippen molar-refractivity contribution in [3.63, 3.8) is 0 Å². The molecule has 0 bridgehead atoms. The van der Waals surface area contributed by atoms with Crippen molar-refractivity contribution in [3.05, 3.63) is 0 Å². The Balaban J connectivity index is 2.37. The summed E-state index contributed by atoms with van der Waals surface area (Å²) < 4.78 is 0. The smallest absolute Gasteiger partial charge is 0.242 e. The highest BCUT2D eigenvalue weighted by Gasteiger charge is 2.24. The van der Waals surface area contributed by atoms with Gasteiger partial charge in [0, 0.05) is 10.8 Å². The van der Waals surface area contributed by atoms with Crippen molar-refractivity contribution in [1.29, 1.82) is 0 Å². The zero-order chi connectivity index (χ0) is 13.8. The zero-order valence-electron chi connectivity index (χ0n) is 12.0. The monoisotopic (exact) mass is 271 g/mol. The highest BCUT2D eigenvalue weighted by atomic mass is 32.2. The Bertz CT molecular complexity index is 323. The molecule has 104 valence electrons. The van der Waals surface area contributed by atoms with E-state index < -0.39 is 0 Å². The molecular weight excluding hydrogens is 246 g/mol.